The van der Waals surface area contributed by atoms with Gasteiger partial charge in [0.25, 0.3) is 5.56 Å². The highest BCUT2D eigenvalue weighted by atomic mass is 32.2. The van der Waals surface area contributed by atoms with Crippen LogP contribution in [0.25, 0.3) is 11.0 Å². The molecule has 3 aromatic rings. The second-order valence-corrected chi connectivity index (χ2v) is 8.75. The van der Waals surface area contributed by atoms with E-state index in [0.717, 1.165) is 18.4 Å². The van der Waals surface area contributed by atoms with E-state index < -0.39 is 38.9 Å². The summed E-state index contributed by atoms with van der Waals surface area (Å²) < 4.78 is 63.1. The quantitative estimate of drug-likeness (QED) is 0.708. The Balaban J connectivity index is 2.15. The van der Waals surface area contributed by atoms with Gasteiger partial charge in [-0.1, -0.05) is 12.1 Å². The molecule has 0 unspecified atom stereocenters. The zero-order valence-electron chi connectivity index (χ0n) is 15.2. The molecule has 28 heavy (non-hydrogen) atoms. The van der Waals surface area contributed by atoms with Gasteiger partial charge in [-0.05, 0) is 31.5 Å². The summed E-state index contributed by atoms with van der Waals surface area (Å²) >= 11 is 0. The van der Waals surface area contributed by atoms with Crippen molar-refractivity contribution in [2.45, 2.75) is 31.8 Å². The van der Waals surface area contributed by atoms with E-state index in [4.69, 9.17) is 0 Å². The Morgan fingerprint density at radius 2 is 1.82 bits per heavy atom. The van der Waals surface area contributed by atoms with Crippen molar-refractivity contribution in [3.05, 3.63) is 57.3 Å². The van der Waals surface area contributed by atoms with Gasteiger partial charge in [-0.2, -0.15) is 18.3 Å². The van der Waals surface area contributed by atoms with Crippen molar-refractivity contribution in [3.63, 3.8) is 0 Å². The predicted octanol–water partition coefficient (Wildman–Crippen LogP) is 2.60. The number of aromatic amines is 1. The number of benzene rings is 1. The molecule has 0 aliphatic heterocycles. The highest BCUT2D eigenvalue weighted by Gasteiger charge is 2.30. The summed E-state index contributed by atoms with van der Waals surface area (Å²) in [7, 11) is -3.48. The number of hydrogen-bond donors (Lipinski definition) is 1. The molecular formula is C17H17F3N4O3S. The molecule has 0 fully saturated rings. The van der Waals surface area contributed by atoms with Crippen molar-refractivity contribution < 1.29 is 21.6 Å². The van der Waals surface area contributed by atoms with Crippen LogP contribution in [0.2, 0.25) is 0 Å². The molecule has 0 saturated heterocycles. The Bertz CT molecular complexity index is 1200. The number of rotatable bonds is 4. The van der Waals surface area contributed by atoms with E-state index in [2.05, 4.69) is 15.1 Å². The molecule has 7 nitrogen and oxygen atoms in total. The van der Waals surface area contributed by atoms with Gasteiger partial charge in [0.15, 0.2) is 15.5 Å². The van der Waals surface area contributed by atoms with Gasteiger partial charge in [0, 0.05) is 6.26 Å². The Morgan fingerprint density at radius 3 is 2.36 bits per heavy atom. The second-order valence-electron chi connectivity index (χ2n) is 6.61. The van der Waals surface area contributed by atoms with Crippen LogP contribution in [0.4, 0.5) is 13.2 Å². The Morgan fingerprint density at radius 1 is 1.21 bits per heavy atom. The largest absolute Gasteiger partial charge is 0.416 e. The number of sulfone groups is 1. The molecule has 0 bridgehead atoms. The topological polar surface area (TPSA) is 97.7 Å². The summed E-state index contributed by atoms with van der Waals surface area (Å²) in [5, 5.41) is 4.31. The Labute approximate surface area is 158 Å². The maximum Gasteiger partial charge on any atom is 0.416 e. The molecule has 0 aliphatic rings. The third kappa shape index (κ3) is 3.93. The average molecular weight is 414 g/mol. The zero-order valence-corrected chi connectivity index (χ0v) is 16.0. The lowest BCUT2D eigenvalue weighted by Crippen LogP contribution is -2.13. The van der Waals surface area contributed by atoms with Gasteiger partial charge in [0.05, 0.1) is 23.1 Å². The van der Waals surface area contributed by atoms with Crippen molar-refractivity contribution >= 4 is 20.9 Å². The van der Waals surface area contributed by atoms with E-state index in [1.165, 1.54) is 16.8 Å². The summed E-state index contributed by atoms with van der Waals surface area (Å²) in [5.74, 6) is -0.145. The normalized spacial score (nSPS) is 13.8. The number of halogens is 3. The van der Waals surface area contributed by atoms with Gasteiger partial charge in [0.2, 0.25) is 0 Å². The number of nitrogens with zero attached hydrogens (tertiary/aromatic N) is 3. The minimum Gasteiger partial charge on any atom is -0.310 e. The lowest BCUT2D eigenvalue weighted by molar-refractivity contribution is -0.137. The molecule has 1 atom stereocenters. The van der Waals surface area contributed by atoms with Crippen LogP contribution in [-0.4, -0.2) is 34.4 Å². The molecule has 2 heterocycles. The number of alkyl halides is 3. The first-order valence-corrected chi connectivity index (χ1v) is 10.3. The van der Waals surface area contributed by atoms with Crippen molar-refractivity contribution in [2.75, 3.05) is 6.26 Å². The molecule has 0 spiro atoms. The van der Waals surface area contributed by atoms with Crippen LogP contribution in [0.15, 0.2) is 29.1 Å². The third-order valence-corrected chi connectivity index (χ3v) is 5.04. The molecule has 0 aliphatic carbocycles. The minimum atomic E-state index is -4.45. The summed E-state index contributed by atoms with van der Waals surface area (Å²) in [4.78, 5) is 19.1. The Hall–Kier alpha value is -2.69. The van der Waals surface area contributed by atoms with Crippen molar-refractivity contribution in [1.29, 1.82) is 0 Å². The lowest BCUT2D eigenvalue weighted by Gasteiger charge is -2.15. The summed E-state index contributed by atoms with van der Waals surface area (Å²) in [5.41, 5.74) is -0.579. The summed E-state index contributed by atoms with van der Waals surface area (Å²) in [6.45, 7) is 3.24. The first-order valence-electron chi connectivity index (χ1n) is 8.19. The van der Waals surface area contributed by atoms with Crippen LogP contribution in [0.3, 0.4) is 0 Å². The smallest absolute Gasteiger partial charge is 0.310 e. The van der Waals surface area contributed by atoms with Gasteiger partial charge in [-0.15, -0.1) is 0 Å². The van der Waals surface area contributed by atoms with E-state index in [1.54, 1.807) is 13.8 Å². The van der Waals surface area contributed by atoms with Crippen molar-refractivity contribution in [3.8, 4) is 0 Å². The fourth-order valence-electron chi connectivity index (χ4n) is 2.94. The zero-order chi connectivity index (χ0) is 20.9. The Kier molecular flexibility index (Phi) is 4.82. The van der Waals surface area contributed by atoms with Crippen LogP contribution in [0.5, 0.6) is 0 Å². The van der Waals surface area contributed by atoms with Crippen LogP contribution in [0.1, 0.15) is 35.6 Å². The molecule has 1 N–H and O–H groups in total. The van der Waals surface area contributed by atoms with Crippen LogP contribution in [-0.2, 0) is 21.8 Å². The summed E-state index contributed by atoms with van der Waals surface area (Å²) in [6.07, 6.45) is -3.43. The molecule has 3 rings (SSSR count). The van der Waals surface area contributed by atoms with Gasteiger partial charge >= 0.3 is 6.18 Å². The standard InChI is InChI=1S/C17H17F3N4O3S/c1-9(11-4-6-12(7-5-11)17(18,19)20)24-15-14(16(25)22-10(2)21-15)13(23-24)8-28(3,26)27/h4-7,9H,8H2,1-3H3,(H,21,22,25)/t9-/m1/s1. The van der Waals surface area contributed by atoms with Gasteiger partial charge in [-0.25, -0.2) is 18.1 Å². The maximum absolute atomic E-state index is 12.8. The molecule has 0 radical (unpaired) electrons. The first kappa shape index (κ1) is 20.1. The minimum absolute atomic E-state index is 0.0463. The fourth-order valence-corrected chi connectivity index (χ4v) is 3.63. The average Bonchev–Trinajstić information content (AvgIpc) is 2.90. The van der Waals surface area contributed by atoms with Crippen LogP contribution < -0.4 is 5.56 Å². The van der Waals surface area contributed by atoms with E-state index in [-0.39, 0.29) is 16.7 Å². The molecular weight excluding hydrogens is 397 g/mol. The fraction of sp³-hybridized carbons (Fsp3) is 0.353. The number of H-pyrrole nitrogens is 1. The molecule has 0 amide bonds. The lowest BCUT2D eigenvalue weighted by atomic mass is 10.1. The number of fused-ring (bicyclic) bond motifs is 1. The van der Waals surface area contributed by atoms with Gasteiger partial charge < -0.3 is 4.98 Å². The SMILES string of the molecule is Cc1nc2c(c(CS(C)(=O)=O)nn2[C@H](C)c2ccc(C(F)(F)F)cc2)c(=O)[nH]1. The van der Waals surface area contributed by atoms with Crippen LogP contribution in [0, 0.1) is 6.92 Å². The van der Waals surface area contributed by atoms with Gasteiger partial charge in [0.1, 0.15) is 11.2 Å². The number of aryl methyl sites for hydroxylation is 1. The first-order chi connectivity index (χ1) is 12.9. The predicted molar refractivity (Wildman–Crippen MR) is 96.7 cm³/mol. The molecule has 0 saturated carbocycles. The number of hydrogen-bond acceptors (Lipinski definition) is 5. The second kappa shape index (κ2) is 6.73. The van der Waals surface area contributed by atoms with Crippen molar-refractivity contribution in [2.24, 2.45) is 0 Å². The highest BCUT2D eigenvalue weighted by Crippen LogP contribution is 2.31. The van der Waals surface area contributed by atoms with E-state index >= 15 is 0 Å². The molecule has 11 heteroatoms. The van der Waals surface area contributed by atoms with Gasteiger partial charge in [-0.3, -0.25) is 4.79 Å². The monoisotopic (exact) mass is 414 g/mol. The summed E-state index contributed by atoms with van der Waals surface area (Å²) in [6, 6.07) is 3.97. The van der Waals surface area contributed by atoms with Crippen LogP contribution >= 0.6 is 0 Å². The maximum atomic E-state index is 12.8. The van der Waals surface area contributed by atoms with E-state index in [1.807, 2.05) is 0 Å². The molecule has 150 valence electrons. The molecule has 1 aromatic carbocycles. The van der Waals surface area contributed by atoms with E-state index in [0.29, 0.717) is 11.4 Å². The molecule has 2 aromatic heterocycles. The van der Waals surface area contributed by atoms with Crippen molar-refractivity contribution in [1.82, 2.24) is 19.7 Å². The van der Waals surface area contributed by atoms with E-state index in [9.17, 15) is 26.4 Å². The third-order valence-electron chi connectivity index (χ3n) is 4.24. The number of nitrogens with one attached hydrogen (secondary N) is 1. The highest BCUT2D eigenvalue weighted by molar-refractivity contribution is 7.89. The number of aromatic nitrogens is 4.